The van der Waals surface area contributed by atoms with Gasteiger partial charge in [0.1, 0.15) is 0 Å². The van der Waals surface area contributed by atoms with Gasteiger partial charge in [0, 0.05) is 35.8 Å². The number of aryl methyl sites for hydroxylation is 5. The van der Waals surface area contributed by atoms with Gasteiger partial charge in [0.05, 0.1) is 11.4 Å². The van der Waals surface area contributed by atoms with E-state index < -0.39 is 0 Å². The fraction of sp³-hybridized carbons (Fsp3) is 0.300. The fourth-order valence-corrected chi connectivity index (χ4v) is 5.19. The predicted octanol–water partition coefficient (Wildman–Crippen LogP) is 5.39. The summed E-state index contributed by atoms with van der Waals surface area (Å²) in [5, 5.41) is 14.4. The van der Waals surface area contributed by atoms with Crippen molar-refractivity contribution in [2.75, 3.05) is 0 Å². The molecule has 2 aromatic carbocycles. The van der Waals surface area contributed by atoms with Crippen LogP contribution in [-0.4, -0.2) is 34.7 Å². The van der Waals surface area contributed by atoms with Crippen molar-refractivity contribution >= 4 is 0 Å². The topological polar surface area (TPSA) is 94.3 Å². The summed E-state index contributed by atoms with van der Waals surface area (Å²) in [6.45, 7) is 9.03. The van der Waals surface area contributed by atoms with E-state index in [0.29, 0.717) is 18.8 Å². The van der Waals surface area contributed by atoms with Crippen molar-refractivity contribution in [3.63, 3.8) is 0 Å². The number of nitrogens with one attached hydrogen (secondary N) is 1. The zero-order chi connectivity index (χ0) is 26.6. The smallest absolute Gasteiger partial charge is 0.296 e. The molecule has 5 rings (SSSR count). The zero-order valence-electron chi connectivity index (χ0n) is 22.4. The monoisotopic (exact) mass is 507 g/mol. The lowest BCUT2D eigenvalue weighted by Crippen LogP contribution is -2.26. The van der Waals surface area contributed by atoms with Gasteiger partial charge in [0.15, 0.2) is 0 Å². The molecule has 1 N–H and O–H groups in total. The number of tetrazole rings is 1. The number of benzene rings is 2. The maximum Gasteiger partial charge on any atom is 0.332 e. The molecule has 0 bridgehead atoms. The van der Waals surface area contributed by atoms with Crippen LogP contribution in [0.3, 0.4) is 0 Å². The van der Waals surface area contributed by atoms with Crippen LogP contribution in [0.5, 0.6) is 0 Å². The lowest BCUT2D eigenvalue weighted by molar-refractivity contribution is 0.618. The third-order valence-electron chi connectivity index (χ3n) is 6.96. The number of unbranched alkanes of at least 4 members (excludes halogenated alkanes) is 1. The number of aromatic nitrogens is 7. The number of hydrogen-bond donors (Lipinski definition) is 1. The van der Waals surface area contributed by atoms with Gasteiger partial charge in [-0.2, -0.15) is 5.21 Å². The first-order valence-corrected chi connectivity index (χ1v) is 13.1. The van der Waals surface area contributed by atoms with Crippen molar-refractivity contribution in [3.05, 3.63) is 99.4 Å². The van der Waals surface area contributed by atoms with Gasteiger partial charge < -0.3 is 0 Å². The molecule has 194 valence electrons. The first-order valence-electron chi connectivity index (χ1n) is 13.1. The molecular weight excluding hydrogens is 474 g/mol. The predicted molar refractivity (Wildman–Crippen MR) is 149 cm³/mol. The third-order valence-corrected chi connectivity index (χ3v) is 6.96. The van der Waals surface area contributed by atoms with E-state index in [9.17, 15) is 4.79 Å². The Labute approximate surface area is 222 Å². The van der Waals surface area contributed by atoms with Gasteiger partial charge in [0.25, 0.3) is 0 Å². The van der Waals surface area contributed by atoms with Crippen LogP contribution in [0.25, 0.3) is 28.3 Å². The van der Waals surface area contributed by atoms with Gasteiger partial charge in [-0.1, -0.05) is 61.4 Å². The summed E-state index contributed by atoms with van der Waals surface area (Å²) in [6, 6.07) is 16.3. The summed E-state index contributed by atoms with van der Waals surface area (Å²) in [6.07, 6.45) is 7.66. The summed E-state index contributed by atoms with van der Waals surface area (Å²) in [4.78, 5) is 18.4. The van der Waals surface area contributed by atoms with Crippen LogP contribution in [-0.2, 0) is 19.4 Å². The van der Waals surface area contributed by atoms with Gasteiger partial charge in [-0.05, 0) is 68.0 Å². The Balaban J connectivity index is 1.41. The first-order chi connectivity index (χ1) is 18.5. The quantitative estimate of drug-likeness (QED) is 0.289. The largest absolute Gasteiger partial charge is 0.332 e. The van der Waals surface area contributed by atoms with Gasteiger partial charge in [-0.15, -0.1) is 10.2 Å². The fourth-order valence-electron chi connectivity index (χ4n) is 5.19. The average Bonchev–Trinajstić information content (AvgIpc) is 3.55. The highest BCUT2D eigenvalue weighted by Gasteiger charge is 2.16. The minimum atomic E-state index is 0.0183. The van der Waals surface area contributed by atoms with Gasteiger partial charge in [-0.3, -0.25) is 14.1 Å². The number of pyridine rings is 1. The highest BCUT2D eigenvalue weighted by atomic mass is 16.1. The summed E-state index contributed by atoms with van der Waals surface area (Å²) in [7, 11) is 0. The molecule has 0 amide bonds. The Morgan fingerprint density at radius 2 is 1.71 bits per heavy atom. The summed E-state index contributed by atoms with van der Waals surface area (Å²) in [5.41, 5.74) is 9.26. The number of aromatic amines is 1. The normalized spacial score (nSPS) is 11.3. The second-order valence-corrected chi connectivity index (χ2v) is 9.86. The zero-order valence-corrected chi connectivity index (χ0v) is 22.4. The van der Waals surface area contributed by atoms with E-state index in [1.54, 1.807) is 0 Å². The van der Waals surface area contributed by atoms with Crippen LogP contribution in [0.15, 0.2) is 65.7 Å². The Hall–Kier alpha value is -4.33. The molecule has 0 unspecified atom stereocenters. The lowest BCUT2D eigenvalue weighted by atomic mass is 10.0. The maximum atomic E-state index is 13.6. The summed E-state index contributed by atoms with van der Waals surface area (Å²) < 4.78 is 3.78. The van der Waals surface area contributed by atoms with Crippen molar-refractivity contribution in [2.24, 2.45) is 0 Å². The summed E-state index contributed by atoms with van der Waals surface area (Å²) in [5.74, 6) is 0.536. The van der Waals surface area contributed by atoms with Crippen molar-refractivity contribution < 1.29 is 0 Å². The number of nitrogens with zero attached hydrogens (tertiary/aromatic N) is 6. The van der Waals surface area contributed by atoms with Crippen LogP contribution in [0.1, 0.15) is 47.7 Å². The number of H-pyrrole nitrogens is 1. The molecule has 0 saturated carbocycles. The second-order valence-electron chi connectivity index (χ2n) is 9.86. The molecule has 0 spiro atoms. The van der Waals surface area contributed by atoms with E-state index in [1.165, 1.54) is 5.56 Å². The van der Waals surface area contributed by atoms with Crippen molar-refractivity contribution in [1.29, 1.82) is 0 Å². The van der Waals surface area contributed by atoms with Gasteiger partial charge in [-0.25, -0.2) is 4.79 Å². The van der Waals surface area contributed by atoms with E-state index >= 15 is 0 Å². The lowest BCUT2D eigenvalue weighted by Gasteiger charge is -2.11. The van der Waals surface area contributed by atoms with Crippen molar-refractivity contribution in [1.82, 2.24) is 34.7 Å². The van der Waals surface area contributed by atoms with Crippen LogP contribution in [0.2, 0.25) is 0 Å². The molecule has 0 fully saturated rings. The third kappa shape index (κ3) is 5.07. The Kier molecular flexibility index (Phi) is 7.31. The van der Waals surface area contributed by atoms with Gasteiger partial charge in [0.2, 0.25) is 5.82 Å². The molecule has 3 heterocycles. The Morgan fingerprint density at radius 1 is 0.947 bits per heavy atom. The van der Waals surface area contributed by atoms with E-state index in [-0.39, 0.29) is 5.69 Å². The molecule has 5 aromatic rings. The van der Waals surface area contributed by atoms with E-state index in [0.717, 1.165) is 64.2 Å². The Morgan fingerprint density at radius 3 is 2.37 bits per heavy atom. The molecule has 3 aromatic heterocycles. The molecular formula is C30H33N7O. The van der Waals surface area contributed by atoms with Crippen molar-refractivity contribution in [2.45, 2.75) is 59.9 Å². The first kappa shape index (κ1) is 25.3. The highest BCUT2D eigenvalue weighted by Crippen LogP contribution is 2.28. The number of hydrogen-bond acceptors (Lipinski definition) is 5. The molecule has 0 atom stereocenters. The molecule has 8 heteroatoms. The second kappa shape index (κ2) is 11.0. The Bertz CT molecular complexity index is 1570. The van der Waals surface area contributed by atoms with E-state index in [2.05, 4.69) is 66.5 Å². The standard InChI is InChI=1S/C30H33N7O/c1-5-6-9-24-19-37(28-21(3)16-20(2)17-22(28)4)30(38)36(24)15-14-23-12-13-27(31-18-23)25-10-7-8-11-26(25)29-32-34-35-33-29/h7-8,10-13,16-19H,5-6,9,14-15H2,1-4H3,(H,32,33,34,35). The van der Waals surface area contributed by atoms with Gasteiger partial charge >= 0.3 is 5.69 Å². The van der Waals surface area contributed by atoms with E-state index in [1.807, 2.05) is 51.9 Å². The maximum absolute atomic E-state index is 13.6. The van der Waals surface area contributed by atoms with Crippen LogP contribution < -0.4 is 5.69 Å². The van der Waals surface area contributed by atoms with Crippen LogP contribution >= 0.6 is 0 Å². The van der Waals surface area contributed by atoms with Crippen LogP contribution in [0, 0.1) is 20.8 Å². The minimum absolute atomic E-state index is 0.0183. The molecule has 38 heavy (non-hydrogen) atoms. The highest BCUT2D eigenvalue weighted by molar-refractivity contribution is 5.78. The molecule has 0 radical (unpaired) electrons. The van der Waals surface area contributed by atoms with E-state index in [4.69, 9.17) is 4.98 Å². The van der Waals surface area contributed by atoms with Crippen molar-refractivity contribution in [3.8, 4) is 28.3 Å². The molecule has 0 aliphatic heterocycles. The molecule has 8 nitrogen and oxygen atoms in total. The average molecular weight is 508 g/mol. The number of imidazole rings is 1. The molecule has 0 aliphatic rings. The molecule has 0 saturated heterocycles. The number of rotatable bonds is 9. The van der Waals surface area contributed by atoms with Crippen LogP contribution in [0.4, 0.5) is 0 Å². The minimum Gasteiger partial charge on any atom is -0.296 e. The summed E-state index contributed by atoms with van der Waals surface area (Å²) >= 11 is 0. The molecule has 0 aliphatic carbocycles. The SMILES string of the molecule is CCCCc1cn(-c2c(C)cc(C)cc2C)c(=O)n1CCc1ccc(-c2ccccc2-c2nn[nH]n2)nc1.